The van der Waals surface area contributed by atoms with E-state index in [1.54, 1.807) is 12.3 Å². The molecule has 0 atom stereocenters. The number of hydrogen-bond acceptors (Lipinski definition) is 3. The number of sulfonamides is 1. The van der Waals surface area contributed by atoms with Crippen LogP contribution in [0.15, 0.2) is 27.8 Å². The first-order valence-electron chi connectivity index (χ1n) is 6.21. The molecule has 1 fully saturated rings. The lowest BCUT2D eigenvalue weighted by molar-refractivity contribution is 0.366. The molecule has 0 unspecified atom stereocenters. The van der Waals surface area contributed by atoms with Crippen molar-refractivity contribution in [1.82, 2.24) is 9.71 Å². The number of nitrogens with one attached hydrogen (secondary N) is 1. The Morgan fingerprint density at radius 1 is 1.26 bits per heavy atom. The molecule has 1 N–H and O–H groups in total. The van der Waals surface area contributed by atoms with Gasteiger partial charge in [0, 0.05) is 28.2 Å². The quantitative estimate of drug-likeness (QED) is 0.774. The molecule has 0 amide bonds. The van der Waals surface area contributed by atoms with Crippen molar-refractivity contribution in [2.75, 3.05) is 6.54 Å². The molecule has 106 valence electrons. The third-order valence-electron chi connectivity index (χ3n) is 3.33. The van der Waals surface area contributed by atoms with Gasteiger partial charge in [0.1, 0.15) is 4.90 Å². The number of halogens is 2. The summed E-state index contributed by atoms with van der Waals surface area (Å²) in [6.45, 7) is 0.508. The monoisotopic (exact) mass is 410 g/mol. The van der Waals surface area contributed by atoms with Crippen LogP contribution in [0, 0.1) is 5.92 Å². The van der Waals surface area contributed by atoms with E-state index in [-0.39, 0.29) is 4.90 Å². The maximum Gasteiger partial charge on any atom is 0.242 e. The van der Waals surface area contributed by atoms with Gasteiger partial charge in [0.15, 0.2) is 0 Å². The van der Waals surface area contributed by atoms with E-state index in [0.717, 1.165) is 25.7 Å². The summed E-state index contributed by atoms with van der Waals surface area (Å²) in [5, 5.41) is 0. The minimum absolute atomic E-state index is 0.205. The van der Waals surface area contributed by atoms with E-state index in [2.05, 4.69) is 41.6 Å². The van der Waals surface area contributed by atoms with Crippen molar-refractivity contribution in [3.05, 3.63) is 22.9 Å². The van der Waals surface area contributed by atoms with Crippen LogP contribution >= 0.6 is 31.9 Å². The van der Waals surface area contributed by atoms with Gasteiger partial charge < -0.3 is 0 Å². The smallest absolute Gasteiger partial charge is 0.242 e. The number of pyridine rings is 1. The molecule has 1 aromatic rings. The zero-order chi connectivity index (χ0) is 13.9. The molecule has 0 aromatic carbocycles. The summed E-state index contributed by atoms with van der Waals surface area (Å²) >= 11 is 6.83. The van der Waals surface area contributed by atoms with Gasteiger partial charge in [0.05, 0.1) is 0 Å². The van der Waals surface area contributed by atoms with Crippen LogP contribution in [0.2, 0.25) is 0 Å². The molecule has 1 aliphatic rings. The third-order valence-corrected chi connectivity index (χ3v) is 6.07. The second-order valence-corrected chi connectivity index (χ2v) is 8.79. The molecular formula is C12H16Br2N2O2S. The Morgan fingerprint density at radius 2 is 1.95 bits per heavy atom. The van der Waals surface area contributed by atoms with E-state index in [1.807, 2.05) is 0 Å². The Morgan fingerprint density at radius 3 is 2.58 bits per heavy atom. The maximum absolute atomic E-state index is 12.1. The minimum atomic E-state index is -3.45. The Balaban J connectivity index is 1.95. The van der Waals surface area contributed by atoms with E-state index in [1.165, 1.54) is 6.20 Å². The summed E-state index contributed by atoms with van der Waals surface area (Å²) < 4.78 is 27.6. The van der Waals surface area contributed by atoms with Gasteiger partial charge in [-0.15, -0.1) is 0 Å². The zero-order valence-electron chi connectivity index (χ0n) is 10.4. The molecular weight excluding hydrogens is 396 g/mol. The van der Waals surface area contributed by atoms with Crippen LogP contribution in [0.5, 0.6) is 0 Å². The Kier molecular flexibility index (Phi) is 5.39. The summed E-state index contributed by atoms with van der Waals surface area (Å²) in [7, 11) is -3.45. The van der Waals surface area contributed by atoms with Crippen LogP contribution in [-0.4, -0.2) is 24.8 Å². The lowest BCUT2D eigenvalue weighted by atomic mass is 9.89. The summed E-state index contributed by atoms with van der Waals surface area (Å²) in [6.07, 6.45) is 7.29. The van der Waals surface area contributed by atoms with Crippen molar-refractivity contribution in [3.63, 3.8) is 0 Å². The molecule has 0 bridgehead atoms. The van der Waals surface area contributed by atoms with Gasteiger partial charge in [-0.2, -0.15) is 0 Å². The average molecular weight is 412 g/mol. The van der Waals surface area contributed by atoms with Crippen molar-refractivity contribution >= 4 is 41.9 Å². The molecule has 0 radical (unpaired) electrons. The molecule has 0 saturated heterocycles. The summed E-state index contributed by atoms with van der Waals surface area (Å²) in [5.41, 5.74) is 0. The Hall–Kier alpha value is 0.0200. The molecule has 0 aliphatic heterocycles. The second-order valence-electron chi connectivity index (χ2n) is 4.81. The van der Waals surface area contributed by atoms with Gasteiger partial charge in [0.2, 0.25) is 10.0 Å². The molecule has 1 saturated carbocycles. The SMILES string of the molecule is O=S(=O)(NCC1CCC(Br)CC1)c1cncc(Br)c1. The van der Waals surface area contributed by atoms with Gasteiger partial charge >= 0.3 is 0 Å². The summed E-state index contributed by atoms with van der Waals surface area (Å²) in [4.78, 5) is 4.68. The topological polar surface area (TPSA) is 59.1 Å². The summed E-state index contributed by atoms with van der Waals surface area (Å²) in [5.74, 6) is 0.434. The number of alkyl halides is 1. The normalized spacial score (nSPS) is 24.3. The molecule has 4 nitrogen and oxygen atoms in total. The highest BCUT2D eigenvalue weighted by molar-refractivity contribution is 9.10. The highest BCUT2D eigenvalue weighted by Gasteiger charge is 2.22. The molecule has 1 heterocycles. The van der Waals surface area contributed by atoms with Gasteiger partial charge in [-0.1, -0.05) is 15.9 Å². The van der Waals surface area contributed by atoms with Crippen LogP contribution in [0.25, 0.3) is 0 Å². The van der Waals surface area contributed by atoms with Gasteiger partial charge in [-0.25, -0.2) is 13.1 Å². The van der Waals surface area contributed by atoms with Crippen LogP contribution in [0.1, 0.15) is 25.7 Å². The lowest BCUT2D eigenvalue weighted by Gasteiger charge is -2.25. The standard InChI is InChI=1S/C12H16Br2N2O2S/c13-10-3-1-9(2-4-10)6-16-19(17,18)12-5-11(14)7-15-8-12/h5,7-10,16H,1-4,6H2. The fourth-order valence-corrected chi connectivity index (χ4v) is 4.32. The van der Waals surface area contributed by atoms with E-state index < -0.39 is 10.0 Å². The molecule has 2 rings (SSSR count). The van der Waals surface area contributed by atoms with Crippen LogP contribution in [0.3, 0.4) is 0 Å². The second kappa shape index (κ2) is 6.65. The van der Waals surface area contributed by atoms with Gasteiger partial charge in [-0.3, -0.25) is 4.98 Å². The van der Waals surface area contributed by atoms with E-state index in [4.69, 9.17) is 0 Å². The van der Waals surface area contributed by atoms with Crippen molar-refractivity contribution in [1.29, 1.82) is 0 Å². The Bertz CT molecular complexity index is 528. The predicted molar refractivity (Wildman–Crippen MR) is 81.8 cm³/mol. The van der Waals surface area contributed by atoms with E-state index in [0.29, 0.717) is 21.8 Å². The fourth-order valence-electron chi connectivity index (χ4n) is 2.18. The first kappa shape index (κ1) is 15.4. The van der Waals surface area contributed by atoms with Crippen LogP contribution < -0.4 is 4.72 Å². The van der Waals surface area contributed by atoms with Crippen molar-refractivity contribution in [3.8, 4) is 0 Å². The molecule has 1 aromatic heterocycles. The fraction of sp³-hybridized carbons (Fsp3) is 0.583. The maximum atomic E-state index is 12.1. The van der Waals surface area contributed by atoms with Gasteiger partial charge in [-0.05, 0) is 53.6 Å². The first-order valence-corrected chi connectivity index (χ1v) is 9.41. The molecule has 7 heteroatoms. The van der Waals surface area contributed by atoms with E-state index >= 15 is 0 Å². The molecule has 0 spiro atoms. The highest BCUT2D eigenvalue weighted by Crippen LogP contribution is 2.28. The van der Waals surface area contributed by atoms with E-state index in [9.17, 15) is 8.42 Å². The van der Waals surface area contributed by atoms with Crippen LogP contribution in [0.4, 0.5) is 0 Å². The Labute approximate surface area is 130 Å². The number of aromatic nitrogens is 1. The summed E-state index contributed by atoms with van der Waals surface area (Å²) in [6, 6.07) is 1.56. The minimum Gasteiger partial charge on any atom is -0.262 e. The largest absolute Gasteiger partial charge is 0.262 e. The molecule has 1 aliphatic carbocycles. The predicted octanol–water partition coefficient (Wildman–Crippen LogP) is 3.08. The number of hydrogen-bond donors (Lipinski definition) is 1. The highest BCUT2D eigenvalue weighted by atomic mass is 79.9. The van der Waals surface area contributed by atoms with Crippen LogP contribution in [-0.2, 0) is 10.0 Å². The van der Waals surface area contributed by atoms with Crippen molar-refractivity contribution in [2.24, 2.45) is 5.92 Å². The number of rotatable bonds is 4. The van der Waals surface area contributed by atoms with Crippen molar-refractivity contribution in [2.45, 2.75) is 35.4 Å². The van der Waals surface area contributed by atoms with Crippen molar-refractivity contribution < 1.29 is 8.42 Å². The number of nitrogens with zero attached hydrogens (tertiary/aromatic N) is 1. The third kappa shape index (κ3) is 4.51. The molecule has 19 heavy (non-hydrogen) atoms. The van der Waals surface area contributed by atoms with Gasteiger partial charge in [0.25, 0.3) is 0 Å². The first-order chi connectivity index (χ1) is 8.97. The lowest BCUT2D eigenvalue weighted by Crippen LogP contribution is -2.31. The average Bonchev–Trinajstić information content (AvgIpc) is 2.38. The zero-order valence-corrected chi connectivity index (χ0v) is 14.3.